The van der Waals surface area contributed by atoms with Gasteiger partial charge in [-0.05, 0) is 75.5 Å². The van der Waals surface area contributed by atoms with Crippen molar-refractivity contribution in [3.63, 3.8) is 0 Å². The van der Waals surface area contributed by atoms with Crippen molar-refractivity contribution in [1.82, 2.24) is 24.7 Å². The Bertz CT molecular complexity index is 1240. The Balaban J connectivity index is 1.28. The number of benzene rings is 1. The molecule has 0 aliphatic carbocycles. The number of aromatic hydroxyl groups is 1. The standard InChI is InChI=1S/C29H37ClN6O3/c1-3-27(38)36-20-6-4-7-21(36)15-35(14-20)28-24-16-34(13-19-12-23(37)9-10-25(19)30)17-26(24)31-29(32-28)39-18-22-8-5-11-33(22)2/h3,9-10,12,20-22,37H,1,4-8,11,13-18H2,2H3/t20?,21?,22-/m0/s1. The Labute approximate surface area is 235 Å². The van der Waals surface area contributed by atoms with Gasteiger partial charge in [0.25, 0.3) is 0 Å². The summed E-state index contributed by atoms with van der Waals surface area (Å²) >= 11 is 6.45. The van der Waals surface area contributed by atoms with Crippen LogP contribution in [0.1, 0.15) is 48.9 Å². The van der Waals surface area contributed by atoms with Crippen LogP contribution >= 0.6 is 11.6 Å². The summed E-state index contributed by atoms with van der Waals surface area (Å²) < 4.78 is 6.24. The second kappa shape index (κ2) is 10.9. The van der Waals surface area contributed by atoms with Gasteiger partial charge in [-0.15, -0.1) is 0 Å². The smallest absolute Gasteiger partial charge is 0.318 e. The normalized spacial score (nSPS) is 25.1. The molecule has 4 aliphatic rings. The number of carbonyl (C=O) groups excluding carboxylic acids is 1. The molecule has 1 amide bonds. The molecule has 0 radical (unpaired) electrons. The van der Waals surface area contributed by atoms with E-state index in [0.717, 1.165) is 68.0 Å². The SMILES string of the molecule is C=CC(=O)N1C2CCCC1CN(c1nc(OC[C@@H]3CCCN3C)nc3c1CN(Cc1cc(O)ccc1Cl)C3)C2. The number of piperidine rings is 1. The number of phenols is 1. The molecule has 208 valence electrons. The molecule has 3 atom stereocenters. The number of piperazine rings is 1. The van der Waals surface area contributed by atoms with E-state index < -0.39 is 0 Å². The zero-order chi connectivity index (χ0) is 27.1. The molecule has 2 aromatic rings. The summed E-state index contributed by atoms with van der Waals surface area (Å²) in [5.41, 5.74) is 2.96. The van der Waals surface area contributed by atoms with Gasteiger partial charge in [0.2, 0.25) is 5.91 Å². The van der Waals surface area contributed by atoms with Gasteiger partial charge in [0, 0.05) is 61.4 Å². The number of halogens is 1. The van der Waals surface area contributed by atoms with Crippen molar-refractivity contribution >= 4 is 23.3 Å². The summed E-state index contributed by atoms with van der Waals surface area (Å²) in [5.74, 6) is 1.15. The molecule has 0 spiro atoms. The molecule has 3 saturated heterocycles. The van der Waals surface area contributed by atoms with Crippen LogP contribution in [0, 0.1) is 0 Å². The van der Waals surface area contributed by atoms with Crippen molar-refractivity contribution in [1.29, 1.82) is 0 Å². The molecule has 1 N–H and O–H groups in total. The van der Waals surface area contributed by atoms with Gasteiger partial charge in [-0.1, -0.05) is 18.2 Å². The average molecular weight is 553 g/mol. The van der Waals surface area contributed by atoms with Crippen LogP contribution in [0.4, 0.5) is 5.82 Å². The maximum absolute atomic E-state index is 12.7. The number of anilines is 1. The third-order valence-electron chi connectivity index (χ3n) is 8.76. The average Bonchev–Trinajstić information content (AvgIpc) is 3.52. The number of phenolic OH excluding ortho intramolecular Hbond substituents is 1. The number of ether oxygens (including phenoxy) is 1. The third-order valence-corrected chi connectivity index (χ3v) is 9.13. The fraction of sp³-hybridized carbons (Fsp3) is 0.552. The molecule has 2 unspecified atom stereocenters. The molecule has 1 aromatic carbocycles. The highest BCUT2D eigenvalue weighted by Crippen LogP contribution is 2.37. The number of carbonyl (C=O) groups is 1. The first-order valence-electron chi connectivity index (χ1n) is 14.0. The predicted molar refractivity (Wildman–Crippen MR) is 150 cm³/mol. The zero-order valence-corrected chi connectivity index (χ0v) is 23.3. The van der Waals surface area contributed by atoms with Crippen molar-refractivity contribution in [3.8, 4) is 11.8 Å². The van der Waals surface area contributed by atoms with Crippen molar-refractivity contribution < 1.29 is 14.6 Å². The maximum Gasteiger partial charge on any atom is 0.318 e. The zero-order valence-electron chi connectivity index (χ0n) is 22.6. The lowest BCUT2D eigenvalue weighted by Gasteiger charge is -2.50. The first-order chi connectivity index (χ1) is 18.9. The Kier molecular flexibility index (Phi) is 7.39. The molecule has 39 heavy (non-hydrogen) atoms. The summed E-state index contributed by atoms with van der Waals surface area (Å²) in [6.45, 7) is 8.81. The highest BCUT2D eigenvalue weighted by atomic mass is 35.5. The fourth-order valence-electron chi connectivity index (χ4n) is 6.75. The first-order valence-corrected chi connectivity index (χ1v) is 14.4. The van der Waals surface area contributed by atoms with E-state index in [-0.39, 0.29) is 23.7 Å². The number of fused-ring (bicyclic) bond motifs is 3. The molecule has 0 saturated carbocycles. The summed E-state index contributed by atoms with van der Waals surface area (Å²) in [4.78, 5) is 31.6. The van der Waals surface area contributed by atoms with Gasteiger partial charge >= 0.3 is 6.01 Å². The summed E-state index contributed by atoms with van der Waals surface area (Å²) in [7, 11) is 2.14. The van der Waals surface area contributed by atoms with Crippen LogP contribution in [0.5, 0.6) is 11.8 Å². The van der Waals surface area contributed by atoms with E-state index in [1.165, 1.54) is 12.5 Å². The monoisotopic (exact) mass is 552 g/mol. The van der Waals surface area contributed by atoms with Gasteiger partial charge in [0.1, 0.15) is 18.2 Å². The Hall–Kier alpha value is -2.88. The van der Waals surface area contributed by atoms with Gasteiger partial charge in [-0.25, -0.2) is 0 Å². The van der Waals surface area contributed by atoms with Gasteiger partial charge < -0.3 is 24.5 Å². The molecule has 6 rings (SSSR count). The molecular formula is C29H37ClN6O3. The number of rotatable bonds is 7. The molecule has 9 nitrogen and oxygen atoms in total. The number of aromatic nitrogens is 2. The first kappa shape index (κ1) is 26.3. The Morgan fingerprint density at radius 2 is 1.97 bits per heavy atom. The molecule has 10 heteroatoms. The van der Waals surface area contributed by atoms with Crippen molar-refractivity contribution in [2.75, 3.05) is 38.2 Å². The van der Waals surface area contributed by atoms with Crippen LogP contribution in [0.25, 0.3) is 0 Å². The van der Waals surface area contributed by atoms with E-state index in [1.807, 2.05) is 4.90 Å². The van der Waals surface area contributed by atoms with Gasteiger partial charge in [-0.2, -0.15) is 9.97 Å². The Morgan fingerprint density at radius 1 is 1.18 bits per heavy atom. The predicted octanol–water partition coefficient (Wildman–Crippen LogP) is 3.58. The topological polar surface area (TPSA) is 85.3 Å². The van der Waals surface area contributed by atoms with Crippen LogP contribution < -0.4 is 9.64 Å². The Morgan fingerprint density at radius 3 is 2.69 bits per heavy atom. The second-order valence-corrected chi connectivity index (χ2v) is 11.8. The highest BCUT2D eigenvalue weighted by molar-refractivity contribution is 6.31. The second-order valence-electron chi connectivity index (χ2n) is 11.4. The minimum atomic E-state index is 0.0242. The molecular weight excluding hydrogens is 516 g/mol. The van der Waals surface area contributed by atoms with E-state index >= 15 is 0 Å². The minimum absolute atomic E-state index is 0.0242. The number of likely N-dealkylation sites (tertiary alicyclic amines) is 1. The lowest BCUT2D eigenvalue weighted by atomic mass is 9.90. The number of amides is 1. The maximum atomic E-state index is 12.7. The van der Waals surface area contributed by atoms with Crippen LogP contribution in [-0.4, -0.2) is 87.1 Å². The number of nitrogens with zero attached hydrogens (tertiary/aromatic N) is 6. The molecule has 1 aromatic heterocycles. The van der Waals surface area contributed by atoms with Crippen molar-refractivity contribution in [2.45, 2.75) is 69.9 Å². The third kappa shape index (κ3) is 5.32. The quantitative estimate of drug-likeness (QED) is 0.522. The number of likely N-dealkylation sites (N-methyl/N-ethyl adjacent to an activating group) is 1. The molecule has 3 fully saturated rings. The lowest BCUT2D eigenvalue weighted by molar-refractivity contribution is -0.133. The molecule has 5 heterocycles. The number of hydrogen-bond donors (Lipinski definition) is 1. The van der Waals surface area contributed by atoms with E-state index in [9.17, 15) is 9.90 Å². The minimum Gasteiger partial charge on any atom is -0.508 e. The largest absolute Gasteiger partial charge is 0.508 e. The number of hydrogen-bond acceptors (Lipinski definition) is 8. The van der Waals surface area contributed by atoms with Gasteiger partial charge in [-0.3, -0.25) is 9.69 Å². The van der Waals surface area contributed by atoms with Crippen LogP contribution in [0.2, 0.25) is 5.02 Å². The van der Waals surface area contributed by atoms with Crippen molar-refractivity contribution in [2.24, 2.45) is 0 Å². The van der Waals surface area contributed by atoms with Crippen molar-refractivity contribution in [3.05, 3.63) is 52.7 Å². The van der Waals surface area contributed by atoms with Crippen LogP contribution in [0.15, 0.2) is 30.9 Å². The summed E-state index contributed by atoms with van der Waals surface area (Å²) in [5, 5.41) is 10.6. The van der Waals surface area contributed by atoms with Gasteiger partial charge in [0.15, 0.2) is 0 Å². The van der Waals surface area contributed by atoms with E-state index in [4.69, 9.17) is 26.3 Å². The fourth-order valence-corrected chi connectivity index (χ4v) is 6.92. The van der Waals surface area contributed by atoms with Crippen LogP contribution in [-0.2, 0) is 24.4 Å². The molecule has 4 aliphatic heterocycles. The molecule has 2 bridgehead atoms. The van der Waals surface area contributed by atoms with Crippen LogP contribution in [0.3, 0.4) is 0 Å². The van der Waals surface area contributed by atoms with E-state index in [2.05, 4.69) is 28.3 Å². The highest BCUT2D eigenvalue weighted by Gasteiger charge is 2.41. The summed E-state index contributed by atoms with van der Waals surface area (Å²) in [6.07, 6.45) is 6.85. The van der Waals surface area contributed by atoms with Gasteiger partial charge in [0.05, 0.1) is 5.69 Å². The lowest BCUT2D eigenvalue weighted by Crippen LogP contribution is -2.62. The van der Waals surface area contributed by atoms with E-state index in [0.29, 0.717) is 43.3 Å². The van der Waals surface area contributed by atoms with E-state index in [1.54, 1.807) is 18.2 Å². The summed E-state index contributed by atoms with van der Waals surface area (Å²) in [6, 6.07) is 6.16.